The summed E-state index contributed by atoms with van der Waals surface area (Å²) in [7, 11) is 0. The van der Waals surface area contributed by atoms with Crippen LogP contribution in [0.15, 0.2) is 58.5 Å². The first kappa shape index (κ1) is 18.2. The fourth-order valence-electron chi connectivity index (χ4n) is 3.04. The van der Waals surface area contributed by atoms with E-state index in [1.165, 1.54) is 16.9 Å². The van der Waals surface area contributed by atoms with Crippen LogP contribution in [0.5, 0.6) is 0 Å². The highest BCUT2D eigenvalue weighted by Gasteiger charge is 2.31. The van der Waals surface area contributed by atoms with Gasteiger partial charge in [-0.1, -0.05) is 30.3 Å². The molecule has 8 heteroatoms. The molecular formula is C20H20N4O3S. The van der Waals surface area contributed by atoms with Crippen molar-refractivity contribution < 1.29 is 14.0 Å². The summed E-state index contributed by atoms with van der Waals surface area (Å²) < 4.78 is 5.20. The van der Waals surface area contributed by atoms with E-state index in [1.807, 2.05) is 23.1 Å². The van der Waals surface area contributed by atoms with E-state index < -0.39 is 0 Å². The van der Waals surface area contributed by atoms with Crippen LogP contribution in [0.25, 0.3) is 0 Å². The Hall–Kier alpha value is -3.13. The lowest BCUT2D eigenvalue weighted by Gasteiger charge is -2.16. The third-order valence-electron chi connectivity index (χ3n) is 4.57. The van der Waals surface area contributed by atoms with Crippen LogP contribution in [0.4, 0.5) is 9.93 Å². The maximum Gasteiger partial charge on any atom is 0.326 e. The van der Waals surface area contributed by atoms with Gasteiger partial charge in [0.1, 0.15) is 11.5 Å². The number of nitrogens with one attached hydrogen (secondary N) is 1. The predicted molar refractivity (Wildman–Crippen MR) is 106 cm³/mol. The molecule has 7 nitrogen and oxygen atoms in total. The molecule has 1 N–H and O–H groups in total. The van der Waals surface area contributed by atoms with Gasteiger partial charge in [-0.25, -0.2) is 9.78 Å². The molecule has 1 aliphatic heterocycles. The summed E-state index contributed by atoms with van der Waals surface area (Å²) in [5.41, 5.74) is 1.51. The lowest BCUT2D eigenvalue weighted by Crippen LogP contribution is -2.33. The highest BCUT2D eigenvalue weighted by Crippen LogP contribution is 2.25. The minimum absolute atomic E-state index is 0.0622. The number of rotatable bonds is 7. The van der Waals surface area contributed by atoms with Gasteiger partial charge in [0.05, 0.1) is 12.8 Å². The van der Waals surface area contributed by atoms with Gasteiger partial charge >= 0.3 is 6.03 Å². The van der Waals surface area contributed by atoms with E-state index in [-0.39, 0.29) is 11.9 Å². The van der Waals surface area contributed by atoms with Gasteiger partial charge in [0.15, 0.2) is 5.13 Å². The molecule has 28 heavy (non-hydrogen) atoms. The fourth-order valence-corrected chi connectivity index (χ4v) is 3.86. The Bertz CT molecular complexity index is 940. The first-order chi connectivity index (χ1) is 13.7. The average Bonchev–Trinajstić information content (AvgIpc) is 3.47. The molecule has 1 aliphatic rings. The molecule has 3 amide bonds. The van der Waals surface area contributed by atoms with Crippen LogP contribution in [0, 0.1) is 0 Å². The largest absolute Gasteiger partial charge is 0.467 e. The number of hydrogen-bond donors (Lipinski definition) is 1. The first-order valence-corrected chi connectivity index (χ1v) is 9.95. The number of carbonyl (C=O) groups is 2. The first-order valence-electron chi connectivity index (χ1n) is 9.07. The Labute approximate surface area is 166 Å². The van der Waals surface area contributed by atoms with Crippen LogP contribution < -0.4 is 10.2 Å². The SMILES string of the molecule is O=C(NCc1ccco1)c1csc(N2CCN(CCc3ccccc3)C2=O)n1. The Kier molecular flexibility index (Phi) is 5.38. The van der Waals surface area contributed by atoms with Gasteiger partial charge in [0, 0.05) is 25.0 Å². The van der Waals surface area contributed by atoms with Crippen LogP contribution in [0.3, 0.4) is 0 Å². The van der Waals surface area contributed by atoms with Crippen molar-refractivity contribution in [2.75, 3.05) is 24.5 Å². The monoisotopic (exact) mass is 396 g/mol. The summed E-state index contributed by atoms with van der Waals surface area (Å²) in [5, 5.41) is 4.99. The van der Waals surface area contributed by atoms with E-state index in [2.05, 4.69) is 22.4 Å². The molecule has 0 atom stereocenters. The molecule has 3 aromatic rings. The molecule has 1 aromatic carbocycles. The number of hydrogen-bond acceptors (Lipinski definition) is 5. The number of anilines is 1. The van der Waals surface area contributed by atoms with Gasteiger partial charge in [0.2, 0.25) is 0 Å². The quantitative estimate of drug-likeness (QED) is 0.665. The van der Waals surface area contributed by atoms with Gasteiger partial charge in [0.25, 0.3) is 5.91 Å². The number of urea groups is 1. The average molecular weight is 396 g/mol. The summed E-state index contributed by atoms with van der Waals surface area (Å²) in [5.74, 6) is 0.388. The van der Waals surface area contributed by atoms with E-state index in [9.17, 15) is 9.59 Å². The third kappa shape index (κ3) is 4.07. The summed E-state index contributed by atoms with van der Waals surface area (Å²) in [6.07, 6.45) is 2.38. The zero-order valence-corrected chi connectivity index (χ0v) is 16.0. The van der Waals surface area contributed by atoms with E-state index in [0.717, 1.165) is 6.42 Å². The molecular weight excluding hydrogens is 376 g/mol. The molecule has 2 aromatic heterocycles. The predicted octanol–water partition coefficient (Wildman–Crippen LogP) is 3.15. The number of amides is 3. The van der Waals surface area contributed by atoms with E-state index in [0.29, 0.717) is 42.8 Å². The van der Waals surface area contributed by atoms with Crippen LogP contribution in [-0.2, 0) is 13.0 Å². The lowest BCUT2D eigenvalue weighted by molar-refractivity contribution is 0.0943. The standard InChI is InChI=1S/C20H20N4O3S/c25-18(21-13-16-7-4-12-27-16)17-14-28-19(22-17)24-11-10-23(20(24)26)9-8-15-5-2-1-3-6-15/h1-7,12,14H,8-11,13H2,(H,21,25). The molecule has 0 unspecified atom stereocenters. The summed E-state index contributed by atoms with van der Waals surface area (Å²) in [4.78, 5) is 32.8. The zero-order valence-electron chi connectivity index (χ0n) is 15.2. The molecule has 3 heterocycles. The molecule has 4 rings (SSSR count). The Balaban J connectivity index is 1.33. The fraction of sp³-hybridized carbons (Fsp3) is 0.250. The van der Waals surface area contributed by atoms with Crippen molar-refractivity contribution in [2.45, 2.75) is 13.0 Å². The number of nitrogens with zero attached hydrogens (tertiary/aromatic N) is 3. The van der Waals surface area contributed by atoms with Crippen LogP contribution in [-0.4, -0.2) is 41.5 Å². The van der Waals surface area contributed by atoms with Crippen molar-refractivity contribution in [1.82, 2.24) is 15.2 Å². The molecule has 0 bridgehead atoms. The van der Waals surface area contributed by atoms with Crippen molar-refractivity contribution in [3.63, 3.8) is 0 Å². The number of aromatic nitrogens is 1. The molecule has 1 fully saturated rings. The maximum atomic E-state index is 12.7. The minimum Gasteiger partial charge on any atom is -0.467 e. The molecule has 0 saturated carbocycles. The Morgan fingerprint density at radius 2 is 2.04 bits per heavy atom. The van der Waals surface area contributed by atoms with Crippen LogP contribution in [0.2, 0.25) is 0 Å². The summed E-state index contributed by atoms with van der Waals surface area (Å²) in [6, 6.07) is 13.6. The van der Waals surface area contributed by atoms with E-state index in [4.69, 9.17) is 4.42 Å². The number of thiazole rings is 1. The van der Waals surface area contributed by atoms with Crippen molar-refractivity contribution in [1.29, 1.82) is 0 Å². The molecule has 144 valence electrons. The maximum absolute atomic E-state index is 12.7. The highest BCUT2D eigenvalue weighted by molar-refractivity contribution is 7.14. The smallest absolute Gasteiger partial charge is 0.326 e. The second-order valence-corrected chi connectivity index (χ2v) is 7.27. The number of carbonyl (C=O) groups excluding carboxylic acids is 2. The van der Waals surface area contributed by atoms with Gasteiger partial charge < -0.3 is 14.6 Å². The van der Waals surface area contributed by atoms with Crippen LogP contribution in [0.1, 0.15) is 21.8 Å². The van der Waals surface area contributed by atoms with Crippen molar-refractivity contribution >= 4 is 28.4 Å². The van der Waals surface area contributed by atoms with Gasteiger partial charge in [-0.2, -0.15) is 0 Å². The Morgan fingerprint density at radius 1 is 1.18 bits per heavy atom. The Morgan fingerprint density at radius 3 is 2.82 bits per heavy atom. The third-order valence-corrected chi connectivity index (χ3v) is 5.43. The van der Waals surface area contributed by atoms with Crippen molar-refractivity contribution in [3.8, 4) is 0 Å². The zero-order chi connectivity index (χ0) is 19.3. The van der Waals surface area contributed by atoms with Crippen molar-refractivity contribution in [2.24, 2.45) is 0 Å². The molecule has 0 radical (unpaired) electrons. The second kappa shape index (κ2) is 8.26. The number of benzene rings is 1. The van der Waals surface area contributed by atoms with E-state index >= 15 is 0 Å². The van der Waals surface area contributed by atoms with Gasteiger partial charge in [-0.05, 0) is 24.1 Å². The summed E-state index contributed by atoms with van der Waals surface area (Å²) >= 11 is 1.30. The second-order valence-electron chi connectivity index (χ2n) is 6.43. The molecule has 0 aliphatic carbocycles. The van der Waals surface area contributed by atoms with Gasteiger partial charge in [-0.15, -0.1) is 11.3 Å². The minimum atomic E-state index is -0.286. The normalized spacial score (nSPS) is 13.9. The molecule has 0 spiro atoms. The van der Waals surface area contributed by atoms with Crippen molar-refractivity contribution in [3.05, 3.63) is 71.1 Å². The number of furan rings is 1. The van der Waals surface area contributed by atoms with E-state index in [1.54, 1.807) is 28.7 Å². The lowest BCUT2D eigenvalue weighted by atomic mass is 10.1. The topological polar surface area (TPSA) is 78.7 Å². The molecule has 1 saturated heterocycles. The highest BCUT2D eigenvalue weighted by atomic mass is 32.1. The van der Waals surface area contributed by atoms with Crippen LogP contribution >= 0.6 is 11.3 Å². The summed E-state index contributed by atoms with van der Waals surface area (Å²) in [6.45, 7) is 2.20. The van der Waals surface area contributed by atoms with Gasteiger partial charge in [-0.3, -0.25) is 9.69 Å².